The number of rotatable bonds is 8. The molecule has 1 unspecified atom stereocenters. The summed E-state index contributed by atoms with van der Waals surface area (Å²) in [6.07, 6.45) is -1.65. The molecule has 4 nitrogen and oxygen atoms in total. The normalized spacial score (nSPS) is 12.3. The number of anilines is 1. The number of aliphatic hydroxyl groups excluding tert-OH is 1. The number of amides is 1. The maximum absolute atomic E-state index is 13.9. The summed E-state index contributed by atoms with van der Waals surface area (Å²) in [6, 6.07) is 15.6. The van der Waals surface area contributed by atoms with Crippen LogP contribution >= 0.6 is 11.6 Å². The molecule has 0 aliphatic carbocycles. The molecule has 0 spiro atoms. The van der Waals surface area contributed by atoms with Crippen LogP contribution < -0.4 is 4.90 Å². The Kier molecular flexibility index (Phi) is 7.79. The molecule has 3 aromatic carbocycles. The minimum atomic E-state index is -3.36. The third-order valence-electron chi connectivity index (χ3n) is 5.41. The van der Waals surface area contributed by atoms with Crippen molar-refractivity contribution in [2.24, 2.45) is 0 Å². The average molecular weight is 490 g/mol. The highest BCUT2D eigenvalue weighted by atomic mass is 35.5. The van der Waals surface area contributed by atoms with Crippen molar-refractivity contribution in [3.8, 4) is 0 Å². The van der Waals surface area contributed by atoms with Crippen LogP contribution in [0.5, 0.6) is 0 Å². The summed E-state index contributed by atoms with van der Waals surface area (Å²) in [6.45, 7) is 1.02. The maximum Gasteiger partial charge on any atom is 0.298 e. The van der Waals surface area contributed by atoms with Gasteiger partial charge in [-0.25, -0.2) is 4.39 Å². The van der Waals surface area contributed by atoms with Crippen LogP contribution in [0, 0.1) is 5.82 Å². The minimum Gasteiger partial charge on any atom is -0.387 e. The van der Waals surface area contributed by atoms with Crippen LogP contribution in [0.25, 0.3) is 0 Å². The molecule has 0 aliphatic rings. The predicted octanol–water partition coefficient (Wildman–Crippen LogP) is 5.58. The Labute approximate surface area is 200 Å². The van der Waals surface area contributed by atoms with Crippen LogP contribution in [0.3, 0.4) is 0 Å². The van der Waals surface area contributed by atoms with Gasteiger partial charge in [0.15, 0.2) is 0 Å². The Balaban J connectivity index is 1.62. The number of hydrogen-bond acceptors (Lipinski definition) is 3. The van der Waals surface area contributed by atoms with Gasteiger partial charge in [-0.3, -0.25) is 9.59 Å². The Morgan fingerprint density at radius 3 is 2.00 bits per heavy atom. The number of nitrogens with zero attached hydrogens (tertiary/aromatic N) is 1. The van der Waals surface area contributed by atoms with E-state index >= 15 is 0 Å². The lowest BCUT2D eigenvalue weighted by Crippen LogP contribution is -2.27. The van der Waals surface area contributed by atoms with E-state index in [1.807, 2.05) is 0 Å². The van der Waals surface area contributed by atoms with E-state index in [1.54, 1.807) is 24.3 Å². The summed E-state index contributed by atoms with van der Waals surface area (Å²) in [5.41, 5.74) is 1.62. The van der Waals surface area contributed by atoms with E-state index in [9.17, 15) is 27.9 Å². The molecule has 8 heteroatoms. The van der Waals surface area contributed by atoms with Gasteiger partial charge in [-0.1, -0.05) is 48.0 Å². The smallest absolute Gasteiger partial charge is 0.298 e. The van der Waals surface area contributed by atoms with E-state index in [-0.39, 0.29) is 35.1 Å². The average Bonchev–Trinajstić information content (AvgIpc) is 2.78. The van der Waals surface area contributed by atoms with Gasteiger partial charge in [-0.15, -0.1) is 0 Å². The van der Waals surface area contributed by atoms with E-state index in [1.165, 1.54) is 48.3 Å². The van der Waals surface area contributed by atoms with Gasteiger partial charge in [0, 0.05) is 41.7 Å². The van der Waals surface area contributed by atoms with Crippen molar-refractivity contribution in [3.63, 3.8) is 0 Å². The molecule has 34 heavy (non-hydrogen) atoms. The summed E-state index contributed by atoms with van der Waals surface area (Å²) in [5, 5.41) is 9.40. The number of Topliss-reactive ketones (excluding diaryl/α,β-unsaturated/α-hetero) is 1. The van der Waals surface area contributed by atoms with Gasteiger partial charge in [0.1, 0.15) is 17.7 Å². The second-order valence-electron chi connectivity index (χ2n) is 8.08. The third-order valence-corrected chi connectivity index (χ3v) is 5.62. The van der Waals surface area contributed by atoms with Crippen molar-refractivity contribution in [1.82, 2.24) is 0 Å². The molecule has 0 fully saturated rings. The molecule has 0 radical (unpaired) electrons. The maximum atomic E-state index is 13.9. The number of hydrogen-bond donors (Lipinski definition) is 1. The molecular weight excluding hydrogens is 467 g/mol. The third kappa shape index (κ3) is 6.04. The van der Waals surface area contributed by atoms with Crippen LogP contribution in [0.1, 0.15) is 34.0 Å². The van der Waals surface area contributed by atoms with Gasteiger partial charge in [-0.2, -0.15) is 8.78 Å². The first kappa shape index (κ1) is 25.5. The van der Waals surface area contributed by atoms with Crippen molar-refractivity contribution in [1.29, 1.82) is 0 Å². The number of alkyl halides is 2. The Morgan fingerprint density at radius 2 is 1.50 bits per heavy atom. The Bertz CT molecular complexity index is 1160. The second kappa shape index (κ2) is 10.4. The standard InChI is InChI=1S/C26H23ClF3NO3/c1-16(32)26(29,30)20-9-5-18(6-10-20)12-24(33)11-17-3-7-19(8-4-17)25(34)31(2)23-14-21(27)13-22(28)15-23/h3-10,13-16,32H,11-12H2,1-2H3. The number of benzene rings is 3. The molecule has 3 aromatic rings. The number of carbonyl (C=O) groups is 2. The van der Waals surface area contributed by atoms with Crippen molar-refractivity contribution >= 4 is 29.0 Å². The molecule has 0 heterocycles. The summed E-state index contributed by atoms with van der Waals surface area (Å²) in [5.74, 6) is -4.41. The van der Waals surface area contributed by atoms with Gasteiger partial charge < -0.3 is 10.0 Å². The molecule has 1 atom stereocenters. The van der Waals surface area contributed by atoms with Gasteiger partial charge >= 0.3 is 0 Å². The van der Waals surface area contributed by atoms with Crippen LogP contribution in [-0.2, 0) is 23.6 Å². The van der Waals surface area contributed by atoms with E-state index in [2.05, 4.69) is 0 Å². The zero-order valence-corrected chi connectivity index (χ0v) is 19.3. The summed E-state index contributed by atoms with van der Waals surface area (Å²) >= 11 is 5.86. The van der Waals surface area contributed by atoms with Gasteiger partial charge in [0.2, 0.25) is 0 Å². The zero-order chi connectivity index (χ0) is 25.0. The summed E-state index contributed by atoms with van der Waals surface area (Å²) in [4.78, 5) is 26.4. The monoisotopic (exact) mass is 489 g/mol. The fourth-order valence-corrected chi connectivity index (χ4v) is 3.63. The predicted molar refractivity (Wildman–Crippen MR) is 125 cm³/mol. The largest absolute Gasteiger partial charge is 0.387 e. The van der Waals surface area contributed by atoms with Crippen molar-refractivity contribution in [2.45, 2.75) is 31.8 Å². The Hall–Kier alpha value is -3.16. The Morgan fingerprint density at radius 1 is 0.971 bits per heavy atom. The molecule has 178 valence electrons. The first-order chi connectivity index (χ1) is 16.0. The molecule has 1 amide bonds. The molecular formula is C26H23ClF3NO3. The van der Waals surface area contributed by atoms with Crippen LogP contribution in [0.15, 0.2) is 66.7 Å². The molecule has 0 bridgehead atoms. The molecule has 1 N–H and O–H groups in total. The van der Waals surface area contributed by atoms with E-state index in [0.717, 1.165) is 13.0 Å². The first-order valence-electron chi connectivity index (χ1n) is 10.5. The first-order valence-corrected chi connectivity index (χ1v) is 10.8. The minimum absolute atomic E-state index is 0.0598. The van der Waals surface area contributed by atoms with E-state index in [4.69, 9.17) is 11.6 Å². The van der Waals surface area contributed by atoms with Crippen LogP contribution in [0.2, 0.25) is 5.02 Å². The summed E-state index contributed by atoms with van der Waals surface area (Å²) < 4.78 is 41.3. The van der Waals surface area contributed by atoms with Gasteiger partial charge in [-0.05, 0) is 48.4 Å². The topological polar surface area (TPSA) is 57.6 Å². The fraction of sp³-hybridized carbons (Fsp3) is 0.231. The highest BCUT2D eigenvalue weighted by Gasteiger charge is 2.37. The lowest BCUT2D eigenvalue weighted by atomic mass is 9.98. The SMILES string of the molecule is CC(O)C(F)(F)c1ccc(CC(=O)Cc2ccc(C(=O)N(C)c3cc(F)cc(Cl)c3)cc2)cc1. The van der Waals surface area contributed by atoms with Gasteiger partial charge in [0.05, 0.1) is 0 Å². The second-order valence-corrected chi connectivity index (χ2v) is 8.51. The number of halogens is 4. The summed E-state index contributed by atoms with van der Waals surface area (Å²) in [7, 11) is 1.51. The molecule has 0 aliphatic heterocycles. The highest BCUT2D eigenvalue weighted by molar-refractivity contribution is 6.31. The lowest BCUT2D eigenvalue weighted by molar-refractivity contribution is -0.117. The van der Waals surface area contributed by atoms with Gasteiger partial charge in [0.25, 0.3) is 11.8 Å². The molecule has 0 aromatic heterocycles. The molecule has 0 saturated heterocycles. The zero-order valence-electron chi connectivity index (χ0n) is 18.6. The number of carbonyl (C=O) groups excluding carboxylic acids is 2. The van der Waals surface area contributed by atoms with E-state index in [0.29, 0.717) is 22.4 Å². The lowest BCUT2D eigenvalue weighted by Gasteiger charge is -2.19. The quantitative estimate of drug-likeness (QED) is 0.449. The number of aliphatic hydroxyl groups is 1. The fourth-order valence-electron chi connectivity index (χ4n) is 3.41. The van der Waals surface area contributed by atoms with Crippen molar-refractivity contribution in [2.75, 3.05) is 11.9 Å². The highest BCUT2D eigenvalue weighted by Crippen LogP contribution is 2.31. The molecule has 3 rings (SSSR count). The molecule has 0 saturated carbocycles. The number of ketones is 1. The van der Waals surface area contributed by atoms with E-state index < -0.39 is 17.8 Å². The van der Waals surface area contributed by atoms with Crippen LogP contribution in [0.4, 0.5) is 18.9 Å². The van der Waals surface area contributed by atoms with Crippen molar-refractivity contribution < 1.29 is 27.9 Å². The van der Waals surface area contributed by atoms with Crippen LogP contribution in [-0.4, -0.2) is 29.9 Å². The van der Waals surface area contributed by atoms with Crippen molar-refractivity contribution in [3.05, 3.63) is 99.8 Å².